The molecule has 0 amide bonds. The first kappa shape index (κ1) is 13.8. The van der Waals surface area contributed by atoms with Crippen LogP contribution in [0.15, 0.2) is 12.1 Å². The van der Waals surface area contributed by atoms with Gasteiger partial charge in [0.2, 0.25) is 5.88 Å². The van der Waals surface area contributed by atoms with E-state index in [0.29, 0.717) is 30.4 Å². The number of pyridine rings is 1. The number of piperidine rings is 1. The van der Waals surface area contributed by atoms with Crippen LogP contribution in [0.3, 0.4) is 0 Å². The van der Waals surface area contributed by atoms with Gasteiger partial charge in [-0.2, -0.15) is 18.2 Å². The van der Waals surface area contributed by atoms with Gasteiger partial charge in [-0.05, 0) is 18.9 Å². The molecule has 4 nitrogen and oxygen atoms in total. The summed E-state index contributed by atoms with van der Waals surface area (Å²) in [5.74, 6) is -0.611. The van der Waals surface area contributed by atoms with Crippen molar-refractivity contribution in [1.29, 1.82) is 0 Å². The van der Waals surface area contributed by atoms with E-state index in [2.05, 4.69) is 4.98 Å². The second-order valence-electron chi connectivity index (χ2n) is 4.59. The van der Waals surface area contributed by atoms with Crippen LogP contribution in [0.25, 0.3) is 0 Å². The molecule has 1 aliphatic rings. The molecule has 0 bridgehead atoms. The highest BCUT2D eigenvalue weighted by Crippen LogP contribution is 2.36. The molecular formula is C12H16F3N3O. The molecule has 1 saturated heterocycles. The fourth-order valence-electron chi connectivity index (χ4n) is 2.25. The number of nitrogens with zero attached hydrogens (tertiary/aromatic N) is 2. The lowest BCUT2D eigenvalue weighted by Crippen LogP contribution is -2.42. The number of aromatic nitrogens is 1. The quantitative estimate of drug-likeness (QED) is 0.900. The summed E-state index contributed by atoms with van der Waals surface area (Å²) in [5, 5.41) is 0. The molecule has 0 saturated carbocycles. The summed E-state index contributed by atoms with van der Waals surface area (Å²) in [5.41, 5.74) is 6.15. The number of halogens is 3. The van der Waals surface area contributed by atoms with Crippen molar-refractivity contribution >= 4 is 11.5 Å². The van der Waals surface area contributed by atoms with Gasteiger partial charge in [0.25, 0.3) is 0 Å². The van der Waals surface area contributed by atoms with E-state index >= 15 is 0 Å². The third kappa shape index (κ3) is 3.02. The van der Waals surface area contributed by atoms with Crippen molar-refractivity contribution in [3.05, 3.63) is 12.1 Å². The van der Waals surface area contributed by atoms with Crippen molar-refractivity contribution in [3.8, 4) is 5.88 Å². The number of anilines is 2. The lowest BCUT2D eigenvalue weighted by Gasteiger charge is -2.35. The van der Waals surface area contributed by atoms with Crippen molar-refractivity contribution in [2.45, 2.75) is 19.0 Å². The molecule has 1 fully saturated rings. The summed E-state index contributed by atoms with van der Waals surface area (Å²) in [6.45, 7) is 0.421. The van der Waals surface area contributed by atoms with E-state index in [1.807, 2.05) is 0 Å². The Balaban J connectivity index is 2.21. The molecule has 2 N–H and O–H groups in total. The molecule has 0 aliphatic carbocycles. The molecule has 0 aromatic carbocycles. The highest BCUT2D eigenvalue weighted by molar-refractivity contribution is 5.63. The number of rotatable bonds is 2. The van der Waals surface area contributed by atoms with Gasteiger partial charge in [-0.1, -0.05) is 0 Å². The zero-order valence-electron chi connectivity index (χ0n) is 10.6. The molecule has 2 rings (SSSR count). The van der Waals surface area contributed by atoms with Gasteiger partial charge in [0, 0.05) is 19.2 Å². The molecule has 1 aromatic rings. The molecule has 2 heterocycles. The molecule has 1 unspecified atom stereocenters. The Morgan fingerprint density at radius 1 is 1.42 bits per heavy atom. The van der Waals surface area contributed by atoms with Crippen molar-refractivity contribution < 1.29 is 17.9 Å². The van der Waals surface area contributed by atoms with Gasteiger partial charge in [0.15, 0.2) is 5.82 Å². The van der Waals surface area contributed by atoms with Crippen LogP contribution in [-0.4, -0.2) is 31.4 Å². The van der Waals surface area contributed by atoms with Crippen LogP contribution in [-0.2, 0) is 0 Å². The highest BCUT2D eigenvalue weighted by atomic mass is 19.4. The number of alkyl halides is 3. The number of hydrogen-bond acceptors (Lipinski definition) is 4. The predicted molar refractivity (Wildman–Crippen MR) is 66.2 cm³/mol. The maximum atomic E-state index is 12.8. The fraction of sp³-hybridized carbons (Fsp3) is 0.583. The molecule has 1 atom stereocenters. The predicted octanol–water partition coefficient (Wildman–Crippen LogP) is 2.45. The van der Waals surface area contributed by atoms with E-state index < -0.39 is 12.1 Å². The molecule has 1 aliphatic heterocycles. The lowest BCUT2D eigenvalue weighted by molar-refractivity contribution is -0.176. The smallest absolute Gasteiger partial charge is 0.393 e. The van der Waals surface area contributed by atoms with Crippen LogP contribution in [0.1, 0.15) is 12.8 Å². The number of ether oxygens (including phenoxy) is 1. The minimum Gasteiger partial charge on any atom is -0.481 e. The van der Waals surface area contributed by atoms with Gasteiger partial charge < -0.3 is 15.4 Å². The average molecular weight is 275 g/mol. The standard InChI is InChI=1S/C12H16F3N3O/c1-19-10-5-4-9(16)11(17-10)18-6-2-3-8(7-18)12(13,14)15/h4-5,8H,2-3,6-7,16H2,1H3. The molecule has 1 aromatic heterocycles. The topological polar surface area (TPSA) is 51.4 Å². The molecule has 106 valence electrons. The zero-order chi connectivity index (χ0) is 14.0. The summed E-state index contributed by atoms with van der Waals surface area (Å²) in [4.78, 5) is 5.73. The third-order valence-corrected chi connectivity index (χ3v) is 3.27. The highest BCUT2D eigenvalue weighted by Gasteiger charge is 2.42. The van der Waals surface area contributed by atoms with Crippen molar-refractivity contribution in [2.75, 3.05) is 30.8 Å². The Hall–Kier alpha value is -1.66. The summed E-state index contributed by atoms with van der Waals surface area (Å²) in [6.07, 6.45) is -3.54. The van der Waals surface area contributed by atoms with Crippen molar-refractivity contribution in [2.24, 2.45) is 5.92 Å². The van der Waals surface area contributed by atoms with E-state index in [-0.39, 0.29) is 13.0 Å². The van der Waals surface area contributed by atoms with E-state index in [0.717, 1.165) is 0 Å². The number of methoxy groups -OCH3 is 1. The molecule has 0 spiro atoms. The number of nitrogens with two attached hydrogens (primary N) is 1. The number of hydrogen-bond donors (Lipinski definition) is 1. The Morgan fingerprint density at radius 3 is 2.79 bits per heavy atom. The Labute approximate surface area is 109 Å². The first-order valence-corrected chi connectivity index (χ1v) is 6.04. The minimum atomic E-state index is -4.17. The second-order valence-corrected chi connectivity index (χ2v) is 4.59. The summed E-state index contributed by atoms with van der Waals surface area (Å²) >= 11 is 0. The van der Waals surface area contributed by atoms with Crippen LogP contribution < -0.4 is 15.4 Å². The van der Waals surface area contributed by atoms with Crippen LogP contribution in [0, 0.1) is 5.92 Å². The fourth-order valence-corrected chi connectivity index (χ4v) is 2.25. The Bertz CT molecular complexity index is 450. The first-order valence-electron chi connectivity index (χ1n) is 6.04. The SMILES string of the molecule is COc1ccc(N)c(N2CCCC(C(F)(F)F)C2)n1. The normalized spacial score (nSPS) is 20.4. The van der Waals surface area contributed by atoms with Gasteiger partial charge in [-0.15, -0.1) is 0 Å². The second kappa shape index (κ2) is 5.14. The monoisotopic (exact) mass is 275 g/mol. The Morgan fingerprint density at radius 2 is 2.16 bits per heavy atom. The average Bonchev–Trinajstić information content (AvgIpc) is 2.38. The molecule has 19 heavy (non-hydrogen) atoms. The van der Waals surface area contributed by atoms with Crippen LogP contribution in [0.5, 0.6) is 5.88 Å². The van der Waals surface area contributed by atoms with Crippen molar-refractivity contribution in [3.63, 3.8) is 0 Å². The molecular weight excluding hydrogens is 259 g/mol. The molecule has 0 radical (unpaired) electrons. The van der Waals surface area contributed by atoms with E-state index in [9.17, 15) is 13.2 Å². The maximum absolute atomic E-state index is 12.8. The Kier molecular flexibility index (Phi) is 3.73. The largest absolute Gasteiger partial charge is 0.481 e. The number of nitrogen functional groups attached to an aromatic ring is 1. The van der Waals surface area contributed by atoms with Crippen LogP contribution in [0.4, 0.5) is 24.7 Å². The zero-order valence-corrected chi connectivity index (χ0v) is 10.6. The van der Waals surface area contributed by atoms with Crippen LogP contribution in [0.2, 0.25) is 0 Å². The molecule has 7 heteroatoms. The van der Waals surface area contributed by atoms with E-state index in [1.165, 1.54) is 7.11 Å². The van der Waals surface area contributed by atoms with Gasteiger partial charge in [-0.25, -0.2) is 0 Å². The first-order chi connectivity index (χ1) is 8.91. The van der Waals surface area contributed by atoms with Gasteiger partial charge in [-0.3, -0.25) is 0 Å². The summed E-state index contributed by atoms with van der Waals surface area (Å²) < 4.78 is 43.3. The third-order valence-electron chi connectivity index (χ3n) is 3.27. The summed E-state index contributed by atoms with van der Waals surface area (Å²) in [7, 11) is 1.46. The van der Waals surface area contributed by atoms with Gasteiger partial charge in [0.05, 0.1) is 18.7 Å². The van der Waals surface area contributed by atoms with Crippen molar-refractivity contribution in [1.82, 2.24) is 4.98 Å². The van der Waals surface area contributed by atoms with E-state index in [1.54, 1.807) is 17.0 Å². The summed E-state index contributed by atoms with van der Waals surface area (Å²) in [6, 6.07) is 3.18. The maximum Gasteiger partial charge on any atom is 0.393 e. The van der Waals surface area contributed by atoms with Gasteiger partial charge in [0.1, 0.15) is 0 Å². The van der Waals surface area contributed by atoms with Gasteiger partial charge >= 0.3 is 6.18 Å². The minimum absolute atomic E-state index is 0.103. The lowest BCUT2D eigenvalue weighted by atomic mass is 9.97. The van der Waals surface area contributed by atoms with E-state index in [4.69, 9.17) is 10.5 Å². The van der Waals surface area contributed by atoms with Crippen LogP contribution >= 0.6 is 0 Å².